The van der Waals surface area contributed by atoms with Gasteiger partial charge in [0.2, 0.25) is 0 Å². The Hall–Kier alpha value is -3.26. The molecule has 1 atom stereocenters. The Morgan fingerprint density at radius 1 is 1.12 bits per heavy atom. The highest BCUT2D eigenvalue weighted by Crippen LogP contribution is 2.26. The van der Waals surface area contributed by atoms with E-state index in [1.165, 1.54) is 4.90 Å². The number of hydrogen-bond donors (Lipinski definition) is 0. The van der Waals surface area contributed by atoms with Gasteiger partial charge in [-0.1, -0.05) is 42.0 Å². The molecule has 3 aromatic rings. The molecule has 1 saturated heterocycles. The Kier molecular flexibility index (Phi) is 5.97. The zero-order valence-electron chi connectivity index (χ0n) is 17.9. The van der Waals surface area contributed by atoms with E-state index in [-0.39, 0.29) is 17.5 Å². The van der Waals surface area contributed by atoms with Crippen LogP contribution in [0.5, 0.6) is 0 Å². The Morgan fingerprint density at radius 2 is 1.88 bits per heavy atom. The van der Waals surface area contributed by atoms with Gasteiger partial charge in [0, 0.05) is 24.0 Å². The number of hydrogen-bond acceptors (Lipinski definition) is 6. The van der Waals surface area contributed by atoms with E-state index in [2.05, 4.69) is 4.98 Å². The number of pyridine rings is 1. The number of benzene rings is 2. The van der Waals surface area contributed by atoms with E-state index in [9.17, 15) is 18.0 Å². The monoisotopic (exact) mass is 452 g/mol. The minimum absolute atomic E-state index is 0.0576. The SMILES string of the molecule is Cc1ccc2nc(-c3ccccc3)cc(C(=O)OCC(=O)N(C)[C@@H]3CCS(=O)(=O)C3)c2c1. The molecule has 1 aliphatic heterocycles. The number of nitrogens with zero attached hydrogens (tertiary/aromatic N) is 2. The lowest BCUT2D eigenvalue weighted by Crippen LogP contribution is -2.40. The van der Waals surface area contributed by atoms with E-state index in [4.69, 9.17) is 4.74 Å². The molecule has 0 radical (unpaired) electrons. The summed E-state index contributed by atoms with van der Waals surface area (Å²) < 4.78 is 28.7. The first-order valence-electron chi connectivity index (χ1n) is 10.3. The van der Waals surface area contributed by atoms with Gasteiger partial charge in [-0.3, -0.25) is 4.79 Å². The summed E-state index contributed by atoms with van der Waals surface area (Å²) in [5, 5.41) is 0.650. The standard InChI is InChI=1S/C24H24N2O5S/c1-16-8-9-21-19(12-16)20(13-22(25-21)17-6-4-3-5-7-17)24(28)31-14-23(27)26(2)18-10-11-32(29,30)15-18/h3-9,12-13,18H,10-11,14-15H2,1-2H3/t18-/m1/s1. The van der Waals surface area contributed by atoms with Crippen LogP contribution in [0, 0.1) is 6.92 Å². The van der Waals surface area contributed by atoms with E-state index in [0.717, 1.165) is 11.1 Å². The van der Waals surface area contributed by atoms with Crippen molar-refractivity contribution >= 4 is 32.6 Å². The first-order chi connectivity index (χ1) is 15.2. The second-order valence-electron chi connectivity index (χ2n) is 8.08. The van der Waals surface area contributed by atoms with Gasteiger partial charge in [-0.25, -0.2) is 18.2 Å². The summed E-state index contributed by atoms with van der Waals surface area (Å²) in [5.74, 6) is -1.04. The Bertz CT molecular complexity index is 1290. The molecular formula is C24H24N2O5S. The van der Waals surface area contributed by atoms with Crippen LogP contribution in [0.3, 0.4) is 0 Å². The maximum atomic E-state index is 13.0. The average Bonchev–Trinajstić information content (AvgIpc) is 3.16. The highest BCUT2D eigenvalue weighted by atomic mass is 32.2. The van der Waals surface area contributed by atoms with Crippen LogP contribution in [-0.4, -0.2) is 61.4 Å². The lowest BCUT2D eigenvalue weighted by Gasteiger charge is -2.23. The lowest BCUT2D eigenvalue weighted by atomic mass is 10.0. The summed E-state index contributed by atoms with van der Waals surface area (Å²) in [6.45, 7) is 1.47. The van der Waals surface area contributed by atoms with Crippen LogP contribution in [0.25, 0.3) is 22.2 Å². The van der Waals surface area contributed by atoms with Gasteiger partial charge in [0.15, 0.2) is 16.4 Å². The van der Waals surface area contributed by atoms with Crippen molar-refractivity contribution in [3.63, 3.8) is 0 Å². The minimum atomic E-state index is -3.12. The average molecular weight is 453 g/mol. The number of rotatable bonds is 5. The van der Waals surface area contributed by atoms with Gasteiger partial charge < -0.3 is 9.64 Å². The second-order valence-corrected chi connectivity index (χ2v) is 10.3. The maximum Gasteiger partial charge on any atom is 0.339 e. The first-order valence-corrected chi connectivity index (χ1v) is 12.2. The Labute approximate surface area is 186 Å². The van der Waals surface area contributed by atoms with Gasteiger partial charge in [-0.2, -0.15) is 0 Å². The van der Waals surface area contributed by atoms with Crippen LogP contribution in [0.2, 0.25) is 0 Å². The minimum Gasteiger partial charge on any atom is -0.452 e. The van der Waals surface area contributed by atoms with Crippen LogP contribution in [0.1, 0.15) is 22.3 Å². The number of sulfone groups is 1. The predicted molar refractivity (Wildman–Crippen MR) is 122 cm³/mol. The molecule has 1 aliphatic rings. The fourth-order valence-electron chi connectivity index (χ4n) is 3.86. The molecule has 4 rings (SSSR count). The summed E-state index contributed by atoms with van der Waals surface area (Å²) in [4.78, 5) is 31.6. The summed E-state index contributed by atoms with van der Waals surface area (Å²) in [6.07, 6.45) is 0.396. The van der Waals surface area contributed by atoms with Crippen molar-refractivity contribution in [1.29, 1.82) is 0 Å². The molecule has 0 saturated carbocycles. The quantitative estimate of drug-likeness (QED) is 0.553. The zero-order chi connectivity index (χ0) is 22.9. The third-order valence-electron chi connectivity index (χ3n) is 5.73. The van der Waals surface area contributed by atoms with E-state index in [1.807, 2.05) is 55.5 Å². The van der Waals surface area contributed by atoms with Crippen molar-refractivity contribution in [2.45, 2.75) is 19.4 Å². The van der Waals surface area contributed by atoms with Crippen LogP contribution >= 0.6 is 0 Å². The van der Waals surface area contributed by atoms with Gasteiger partial charge in [-0.05, 0) is 31.5 Å². The smallest absolute Gasteiger partial charge is 0.339 e. The van der Waals surface area contributed by atoms with Gasteiger partial charge in [0.05, 0.1) is 28.3 Å². The molecule has 166 valence electrons. The fourth-order valence-corrected chi connectivity index (χ4v) is 5.63. The van der Waals surface area contributed by atoms with Crippen LogP contribution in [0.4, 0.5) is 0 Å². The number of fused-ring (bicyclic) bond motifs is 1. The van der Waals surface area contributed by atoms with Crippen LogP contribution in [0.15, 0.2) is 54.6 Å². The summed E-state index contributed by atoms with van der Waals surface area (Å²) >= 11 is 0. The van der Waals surface area contributed by atoms with E-state index < -0.39 is 28.3 Å². The molecule has 0 spiro atoms. The molecule has 8 heteroatoms. The van der Waals surface area contributed by atoms with Crippen LogP contribution in [-0.2, 0) is 19.4 Å². The molecule has 7 nitrogen and oxygen atoms in total. The molecule has 0 unspecified atom stereocenters. The molecule has 1 amide bonds. The Morgan fingerprint density at radius 3 is 2.56 bits per heavy atom. The molecule has 1 aromatic heterocycles. The molecule has 0 aliphatic carbocycles. The highest BCUT2D eigenvalue weighted by molar-refractivity contribution is 7.91. The number of carbonyl (C=O) groups excluding carboxylic acids is 2. The van der Waals surface area contributed by atoms with E-state index in [1.54, 1.807) is 13.1 Å². The molecule has 32 heavy (non-hydrogen) atoms. The molecule has 1 fully saturated rings. The summed E-state index contributed by atoms with van der Waals surface area (Å²) in [5.41, 5.74) is 3.45. The third-order valence-corrected chi connectivity index (χ3v) is 7.48. The van der Waals surface area contributed by atoms with Crippen LogP contribution < -0.4 is 0 Å². The number of ether oxygens (including phenoxy) is 1. The van der Waals surface area contributed by atoms with Crippen molar-refractivity contribution in [2.24, 2.45) is 0 Å². The second kappa shape index (κ2) is 8.70. The molecule has 2 aromatic carbocycles. The van der Waals surface area contributed by atoms with Gasteiger partial charge in [0.25, 0.3) is 5.91 Å². The van der Waals surface area contributed by atoms with E-state index in [0.29, 0.717) is 28.6 Å². The van der Waals surface area contributed by atoms with Crippen molar-refractivity contribution in [1.82, 2.24) is 9.88 Å². The number of aryl methyl sites for hydroxylation is 1. The fraction of sp³-hybridized carbons (Fsp3) is 0.292. The maximum absolute atomic E-state index is 13.0. The number of likely N-dealkylation sites (N-methyl/N-ethyl adjacent to an activating group) is 1. The summed E-state index contributed by atoms with van der Waals surface area (Å²) in [6, 6.07) is 16.4. The number of carbonyl (C=O) groups is 2. The van der Waals surface area contributed by atoms with Crippen molar-refractivity contribution < 1.29 is 22.7 Å². The lowest BCUT2D eigenvalue weighted by molar-refractivity contribution is -0.134. The predicted octanol–water partition coefficient (Wildman–Crippen LogP) is 3.01. The topological polar surface area (TPSA) is 93.6 Å². The molecule has 0 bridgehead atoms. The third kappa shape index (κ3) is 4.65. The van der Waals surface area contributed by atoms with Crippen molar-refractivity contribution in [3.05, 3.63) is 65.7 Å². The number of aromatic nitrogens is 1. The molecule has 0 N–H and O–H groups in total. The van der Waals surface area contributed by atoms with Crippen molar-refractivity contribution in [2.75, 3.05) is 25.2 Å². The Balaban J connectivity index is 1.57. The van der Waals surface area contributed by atoms with Crippen molar-refractivity contribution in [3.8, 4) is 11.3 Å². The first kappa shape index (κ1) is 22.0. The number of amides is 1. The largest absolute Gasteiger partial charge is 0.452 e. The molecular weight excluding hydrogens is 428 g/mol. The van der Waals surface area contributed by atoms with Gasteiger partial charge in [-0.15, -0.1) is 0 Å². The highest BCUT2D eigenvalue weighted by Gasteiger charge is 2.33. The normalized spacial score (nSPS) is 17.2. The van der Waals surface area contributed by atoms with Gasteiger partial charge in [0.1, 0.15) is 0 Å². The van der Waals surface area contributed by atoms with E-state index >= 15 is 0 Å². The summed E-state index contributed by atoms with van der Waals surface area (Å²) in [7, 11) is -1.57. The molecule has 2 heterocycles. The zero-order valence-corrected chi connectivity index (χ0v) is 18.8. The number of esters is 1. The van der Waals surface area contributed by atoms with Gasteiger partial charge >= 0.3 is 5.97 Å².